The minimum absolute atomic E-state index is 0.00616. The number of likely N-dealkylation sites (N-methyl/N-ethyl adjacent to an activating group) is 1. The van der Waals surface area contributed by atoms with Gasteiger partial charge in [0.05, 0.1) is 18.2 Å². The molecule has 0 bridgehead atoms. The monoisotopic (exact) mass is 356 g/mol. The molecule has 3 rings (SSSR count). The highest BCUT2D eigenvalue weighted by Crippen LogP contribution is 2.16. The summed E-state index contributed by atoms with van der Waals surface area (Å²) in [6, 6.07) is 7.55. The lowest BCUT2D eigenvalue weighted by atomic mass is 10.1. The lowest BCUT2D eigenvalue weighted by Crippen LogP contribution is -2.56. The molecule has 8 nitrogen and oxygen atoms in total. The fourth-order valence-corrected chi connectivity index (χ4v) is 3.26. The first-order valence-electron chi connectivity index (χ1n) is 8.80. The number of nitrogens with two attached hydrogens (primary N) is 1. The number of primary amides is 1. The molecule has 2 heterocycles. The molecule has 0 saturated carbocycles. The third-order valence-electron chi connectivity index (χ3n) is 4.52. The van der Waals surface area contributed by atoms with Crippen molar-refractivity contribution in [2.45, 2.75) is 32.7 Å². The molecular weight excluding hydrogens is 332 g/mol. The van der Waals surface area contributed by atoms with Crippen LogP contribution >= 0.6 is 0 Å². The van der Waals surface area contributed by atoms with E-state index in [1.807, 2.05) is 38.1 Å². The van der Waals surface area contributed by atoms with Crippen molar-refractivity contribution in [3.8, 4) is 5.69 Å². The Balaban J connectivity index is 1.97. The number of carbonyl (C=O) groups is 2. The summed E-state index contributed by atoms with van der Waals surface area (Å²) in [7, 11) is 0. The molecule has 8 heteroatoms. The van der Waals surface area contributed by atoms with Crippen LogP contribution in [-0.2, 0) is 22.4 Å². The van der Waals surface area contributed by atoms with E-state index < -0.39 is 5.91 Å². The molecule has 0 radical (unpaired) electrons. The smallest absolute Gasteiger partial charge is 0.237 e. The highest BCUT2D eigenvalue weighted by atomic mass is 16.2. The zero-order valence-electron chi connectivity index (χ0n) is 15.1. The number of benzene rings is 1. The second kappa shape index (κ2) is 7.65. The van der Waals surface area contributed by atoms with E-state index in [4.69, 9.17) is 5.73 Å². The highest BCUT2D eigenvalue weighted by Gasteiger charge is 2.30. The van der Waals surface area contributed by atoms with Gasteiger partial charge < -0.3 is 11.1 Å². The minimum atomic E-state index is -0.483. The number of piperazine rings is 1. The fraction of sp³-hybridized carbons (Fsp3) is 0.444. The number of amides is 2. The molecule has 1 aromatic carbocycles. The summed E-state index contributed by atoms with van der Waals surface area (Å²) in [6.07, 6.45) is 0.388. The van der Waals surface area contributed by atoms with E-state index in [1.165, 1.54) is 0 Å². The largest absolute Gasteiger partial charge is 0.369 e. The lowest BCUT2D eigenvalue weighted by molar-refractivity contribution is -0.129. The maximum absolute atomic E-state index is 12.4. The van der Waals surface area contributed by atoms with Gasteiger partial charge in [-0.15, -0.1) is 0 Å². The second-order valence-corrected chi connectivity index (χ2v) is 6.48. The molecule has 1 unspecified atom stereocenters. The molecule has 1 aliphatic rings. The van der Waals surface area contributed by atoms with Crippen molar-refractivity contribution < 1.29 is 9.59 Å². The van der Waals surface area contributed by atoms with Crippen molar-refractivity contribution in [3.63, 3.8) is 0 Å². The number of hydrogen-bond acceptors (Lipinski definition) is 5. The Morgan fingerprint density at radius 1 is 1.42 bits per heavy atom. The Morgan fingerprint density at radius 3 is 2.92 bits per heavy atom. The Kier molecular flexibility index (Phi) is 5.32. The fourth-order valence-electron chi connectivity index (χ4n) is 3.26. The molecule has 1 aromatic heterocycles. The summed E-state index contributed by atoms with van der Waals surface area (Å²) < 4.78 is 1.71. The Hall–Kier alpha value is -2.74. The van der Waals surface area contributed by atoms with Crippen LogP contribution in [0, 0.1) is 6.92 Å². The number of aryl methyl sites for hydroxylation is 1. The van der Waals surface area contributed by atoms with Crippen molar-refractivity contribution in [1.29, 1.82) is 0 Å². The number of nitrogens with one attached hydrogen (secondary N) is 1. The van der Waals surface area contributed by atoms with Crippen LogP contribution in [0.5, 0.6) is 0 Å². The lowest BCUT2D eigenvalue weighted by Gasteiger charge is -2.33. The average Bonchev–Trinajstić information content (AvgIpc) is 2.98. The summed E-state index contributed by atoms with van der Waals surface area (Å²) in [5.74, 6) is 0.525. The molecule has 1 aliphatic heterocycles. The first-order valence-corrected chi connectivity index (χ1v) is 8.80. The van der Waals surface area contributed by atoms with Gasteiger partial charge >= 0.3 is 0 Å². The van der Waals surface area contributed by atoms with Gasteiger partial charge in [0.1, 0.15) is 5.82 Å². The van der Waals surface area contributed by atoms with Crippen molar-refractivity contribution in [2.75, 3.05) is 19.6 Å². The van der Waals surface area contributed by atoms with E-state index in [0.717, 1.165) is 24.3 Å². The average molecular weight is 356 g/mol. The van der Waals surface area contributed by atoms with Crippen LogP contribution in [0.25, 0.3) is 5.69 Å². The first-order chi connectivity index (χ1) is 12.5. The first kappa shape index (κ1) is 18.1. The maximum atomic E-state index is 12.4. The normalized spacial score (nSPS) is 17.9. The molecular formula is C18H24N6O2. The topological polar surface area (TPSA) is 106 Å². The number of hydrogen-bond donors (Lipinski definition) is 2. The predicted molar refractivity (Wildman–Crippen MR) is 96.7 cm³/mol. The van der Waals surface area contributed by atoms with E-state index in [2.05, 4.69) is 20.3 Å². The molecule has 1 saturated heterocycles. The van der Waals surface area contributed by atoms with Crippen LogP contribution in [0.4, 0.5) is 0 Å². The zero-order chi connectivity index (χ0) is 18.7. The number of aromatic nitrogens is 3. The molecule has 0 spiro atoms. The second-order valence-electron chi connectivity index (χ2n) is 6.48. The minimum Gasteiger partial charge on any atom is -0.369 e. The molecule has 3 N–H and O–H groups in total. The third-order valence-corrected chi connectivity index (χ3v) is 4.52. The van der Waals surface area contributed by atoms with E-state index in [0.29, 0.717) is 24.6 Å². The van der Waals surface area contributed by atoms with E-state index >= 15 is 0 Å². The van der Waals surface area contributed by atoms with Gasteiger partial charge in [-0.25, -0.2) is 9.67 Å². The van der Waals surface area contributed by atoms with Crippen LogP contribution in [0.1, 0.15) is 24.1 Å². The van der Waals surface area contributed by atoms with Crippen LogP contribution in [-0.4, -0.2) is 57.2 Å². The van der Waals surface area contributed by atoms with Crippen LogP contribution in [0.15, 0.2) is 24.3 Å². The molecule has 0 aliphatic carbocycles. The van der Waals surface area contributed by atoms with Crippen LogP contribution < -0.4 is 11.1 Å². The van der Waals surface area contributed by atoms with Gasteiger partial charge in [0.25, 0.3) is 0 Å². The van der Waals surface area contributed by atoms with Gasteiger partial charge in [-0.2, -0.15) is 5.10 Å². The van der Waals surface area contributed by atoms with E-state index in [9.17, 15) is 9.59 Å². The van der Waals surface area contributed by atoms with Crippen molar-refractivity contribution in [3.05, 3.63) is 41.5 Å². The van der Waals surface area contributed by atoms with Gasteiger partial charge in [-0.3, -0.25) is 14.5 Å². The van der Waals surface area contributed by atoms with Crippen LogP contribution in [0.3, 0.4) is 0 Å². The Labute approximate surface area is 152 Å². The standard InChI is InChI=1S/C18H24N6O2/c1-3-23-8-7-20-18(26)14(23)10-17-21-16(11-15(19)25)22-24(17)13-6-4-5-12(2)9-13/h4-6,9,14H,3,7-8,10-11H2,1-2H3,(H2,19,25)(H,20,26). The van der Waals surface area contributed by atoms with E-state index in [-0.39, 0.29) is 18.4 Å². The van der Waals surface area contributed by atoms with Crippen molar-refractivity contribution >= 4 is 11.8 Å². The number of carbonyl (C=O) groups excluding carboxylic acids is 2. The quantitative estimate of drug-likeness (QED) is 0.756. The summed E-state index contributed by atoms with van der Waals surface area (Å²) in [4.78, 5) is 30.3. The Morgan fingerprint density at radius 2 is 2.23 bits per heavy atom. The summed E-state index contributed by atoms with van der Waals surface area (Å²) >= 11 is 0. The molecule has 2 aromatic rings. The summed E-state index contributed by atoms with van der Waals surface area (Å²) in [5, 5.41) is 7.37. The van der Waals surface area contributed by atoms with Gasteiger partial charge in [-0.1, -0.05) is 19.1 Å². The number of rotatable bonds is 6. The summed E-state index contributed by atoms with van der Waals surface area (Å²) in [6.45, 7) is 6.28. The van der Waals surface area contributed by atoms with Gasteiger partial charge in [-0.05, 0) is 31.2 Å². The Bertz CT molecular complexity index is 816. The van der Waals surface area contributed by atoms with Gasteiger partial charge in [0.2, 0.25) is 11.8 Å². The zero-order valence-corrected chi connectivity index (χ0v) is 15.1. The van der Waals surface area contributed by atoms with Gasteiger partial charge in [0.15, 0.2) is 5.82 Å². The maximum Gasteiger partial charge on any atom is 0.237 e. The van der Waals surface area contributed by atoms with E-state index in [1.54, 1.807) is 4.68 Å². The van der Waals surface area contributed by atoms with Crippen molar-refractivity contribution in [1.82, 2.24) is 25.0 Å². The highest BCUT2D eigenvalue weighted by molar-refractivity contribution is 5.82. The molecule has 138 valence electrons. The molecule has 1 atom stereocenters. The molecule has 1 fully saturated rings. The SMILES string of the molecule is CCN1CCNC(=O)C1Cc1nc(CC(N)=O)nn1-c1cccc(C)c1. The van der Waals surface area contributed by atoms with Gasteiger partial charge in [0, 0.05) is 19.5 Å². The number of nitrogens with zero attached hydrogens (tertiary/aromatic N) is 4. The predicted octanol–water partition coefficient (Wildman–Crippen LogP) is -0.0337. The summed E-state index contributed by atoms with van der Waals surface area (Å²) in [5.41, 5.74) is 7.23. The van der Waals surface area contributed by atoms with Crippen LogP contribution in [0.2, 0.25) is 0 Å². The van der Waals surface area contributed by atoms with Crippen molar-refractivity contribution in [2.24, 2.45) is 5.73 Å². The molecule has 26 heavy (non-hydrogen) atoms. The molecule has 2 amide bonds. The third kappa shape index (κ3) is 3.91.